The van der Waals surface area contributed by atoms with E-state index in [-0.39, 0.29) is 11.7 Å². The molecule has 0 saturated heterocycles. The van der Waals surface area contributed by atoms with Crippen molar-refractivity contribution >= 4 is 39.9 Å². The van der Waals surface area contributed by atoms with Gasteiger partial charge in [0.05, 0.1) is 5.02 Å². The first-order valence-corrected chi connectivity index (χ1v) is 5.93. The molecule has 0 atom stereocenters. The SMILES string of the molecule is O=C(c1c[nH]c2cc(Cl)cc(Cl)c12)C1CC1. The lowest BCUT2D eigenvalue weighted by Crippen LogP contribution is -1.99. The zero-order valence-corrected chi connectivity index (χ0v) is 9.90. The van der Waals surface area contributed by atoms with Gasteiger partial charge < -0.3 is 4.98 Å². The second-order valence-corrected chi connectivity index (χ2v) is 4.99. The van der Waals surface area contributed by atoms with Crippen molar-refractivity contribution < 1.29 is 4.79 Å². The third-order valence-corrected chi connectivity index (χ3v) is 3.43. The number of aromatic amines is 1. The van der Waals surface area contributed by atoms with Crippen LogP contribution in [-0.4, -0.2) is 10.8 Å². The van der Waals surface area contributed by atoms with Crippen molar-refractivity contribution in [2.45, 2.75) is 12.8 Å². The van der Waals surface area contributed by atoms with Crippen LogP contribution >= 0.6 is 23.2 Å². The summed E-state index contributed by atoms with van der Waals surface area (Å²) in [4.78, 5) is 15.1. The molecule has 0 amide bonds. The molecular formula is C12H9Cl2NO. The number of rotatable bonds is 2. The molecule has 1 aliphatic carbocycles. The number of halogens is 2. The Morgan fingerprint density at radius 1 is 1.31 bits per heavy atom. The van der Waals surface area contributed by atoms with E-state index in [1.807, 2.05) is 0 Å². The van der Waals surface area contributed by atoms with Gasteiger partial charge in [0, 0.05) is 33.6 Å². The van der Waals surface area contributed by atoms with Gasteiger partial charge in [-0.15, -0.1) is 0 Å². The predicted molar refractivity (Wildman–Crippen MR) is 65.4 cm³/mol. The van der Waals surface area contributed by atoms with Gasteiger partial charge in [0.15, 0.2) is 5.78 Å². The molecule has 3 rings (SSSR count). The number of fused-ring (bicyclic) bond motifs is 1. The summed E-state index contributed by atoms with van der Waals surface area (Å²) < 4.78 is 0. The van der Waals surface area contributed by atoms with E-state index < -0.39 is 0 Å². The number of benzene rings is 1. The molecule has 1 fully saturated rings. The van der Waals surface area contributed by atoms with E-state index >= 15 is 0 Å². The summed E-state index contributed by atoms with van der Waals surface area (Å²) in [6.07, 6.45) is 3.72. The fourth-order valence-corrected chi connectivity index (χ4v) is 2.54. The van der Waals surface area contributed by atoms with Crippen molar-refractivity contribution in [3.63, 3.8) is 0 Å². The van der Waals surface area contributed by atoms with Crippen LogP contribution in [0.15, 0.2) is 18.3 Å². The standard InChI is InChI=1S/C12H9Cl2NO/c13-7-3-9(14)11-8(5-15-10(11)4-7)12(16)6-1-2-6/h3-6,15H,1-2H2. The number of carbonyl (C=O) groups is 1. The molecule has 1 aliphatic rings. The van der Waals surface area contributed by atoms with Crippen molar-refractivity contribution in [1.29, 1.82) is 0 Å². The fourth-order valence-electron chi connectivity index (χ4n) is 1.94. The summed E-state index contributed by atoms with van der Waals surface area (Å²) >= 11 is 12.0. The summed E-state index contributed by atoms with van der Waals surface area (Å²) in [7, 11) is 0. The van der Waals surface area contributed by atoms with Crippen LogP contribution in [0.5, 0.6) is 0 Å². The Bertz CT molecular complexity index is 584. The van der Waals surface area contributed by atoms with Crippen LogP contribution in [0.2, 0.25) is 10.0 Å². The van der Waals surface area contributed by atoms with E-state index in [0.717, 1.165) is 23.7 Å². The van der Waals surface area contributed by atoms with E-state index in [0.29, 0.717) is 15.6 Å². The maximum Gasteiger partial charge on any atom is 0.168 e. The highest BCUT2D eigenvalue weighted by atomic mass is 35.5. The van der Waals surface area contributed by atoms with Crippen molar-refractivity contribution in [2.75, 3.05) is 0 Å². The molecule has 1 N–H and O–H groups in total. The molecule has 0 bridgehead atoms. The summed E-state index contributed by atoms with van der Waals surface area (Å²) in [6.45, 7) is 0. The highest BCUT2D eigenvalue weighted by molar-refractivity contribution is 6.39. The molecule has 82 valence electrons. The monoisotopic (exact) mass is 253 g/mol. The van der Waals surface area contributed by atoms with E-state index in [1.165, 1.54) is 0 Å². The lowest BCUT2D eigenvalue weighted by molar-refractivity contribution is 0.0969. The van der Waals surface area contributed by atoms with Crippen LogP contribution in [0.25, 0.3) is 10.9 Å². The number of hydrogen-bond acceptors (Lipinski definition) is 1. The van der Waals surface area contributed by atoms with Crippen LogP contribution < -0.4 is 0 Å². The van der Waals surface area contributed by atoms with Crippen LogP contribution in [0.3, 0.4) is 0 Å². The largest absolute Gasteiger partial charge is 0.360 e. The molecule has 1 saturated carbocycles. The van der Waals surface area contributed by atoms with Gasteiger partial charge >= 0.3 is 0 Å². The summed E-state index contributed by atoms with van der Waals surface area (Å²) in [5.74, 6) is 0.390. The number of aromatic nitrogens is 1. The Hall–Kier alpha value is -0.990. The predicted octanol–water partition coefficient (Wildman–Crippen LogP) is 4.07. The Morgan fingerprint density at radius 3 is 2.75 bits per heavy atom. The van der Waals surface area contributed by atoms with Gasteiger partial charge in [0.1, 0.15) is 0 Å². The summed E-state index contributed by atoms with van der Waals surface area (Å²) in [5, 5.41) is 1.90. The second-order valence-electron chi connectivity index (χ2n) is 4.15. The number of ketones is 1. The third-order valence-electron chi connectivity index (χ3n) is 2.91. The molecule has 2 nitrogen and oxygen atoms in total. The van der Waals surface area contributed by atoms with Crippen molar-refractivity contribution in [3.05, 3.63) is 33.9 Å². The van der Waals surface area contributed by atoms with Gasteiger partial charge in [-0.25, -0.2) is 0 Å². The van der Waals surface area contributed by atoms with Gasteiger partial charge in [0.2, 0.25) is 0 Å². The second kappa shape index (κ2) is 3.51. The van der Waals surface area contributed by atoms with Gasteiger partial charge in [-0.3, -0.25) is 4.79 Å². The number of nitrogens with one attached hydrogen (secondary N) is 1. The van der Waals surface area contributed by atoms with Crippen molar-refractivity contribution in [1.82, 2.24) is 4.98 Å². The third kappa shape index (κ3) is 1.53. The lowest BCUT2D eigenvalue weighted by atomic mass is 10.1. The average molecular weight is 254 g/mol. The Morgan fingerprint density at radius 2 is 2.06 bits per heavy atom. The van der Waals surface area contributed by atoms with E-state index in [2.05, 4.69) is 4.98 Å². The molecule has 2 aromatic rings. The van der Waals surface area contributed by atoms with E-state index in [4.69, 9.17) is 23.2 Å². The normalized spacial score (nSPS) is 15.6. The topological polar surface area (TPSA) is 32.9 Å². The van der Waals surface area contributed by atoms with Crippen LogP contribution in [0.1, 0.15) is 23.2 Å². The van der Waals surface area contributed by atoms with Crippen LogP contribution in [0, 0.1) is 5.92 Å². The van der Waals surface area contributed by atoms with Gasteiger partial charge in [-0.05, 0) is 25.0 Å². The van der Waals surface area contributed by atoms with Crippen molar-refractivity contribution in [3.8, 4) is 0 Å². The first kappa shape index (κ1) is 10.2. The molecule has 16 heavy (non-hydrogen) atoms. The lowest BCUT2D eigenvalue weighted by Gasteiger charge is -1.99. The van der Waals surface area contributed by atoms with Gasteiger partial charge in [-0.1, -0.05) is 23.2 Å². The first-order chi connectivity index (χ1) is 7.66. The summed E-state index contributed by atoms with van der Waals surface area (Å²) in [6, 6.07) is 3.45. The number of H-pyrrole nitrogens is 1. The van der Waals surface area contributed by atoms with Crippen molar-refractivity contribution in [2.24, 2.45) is 5.92 Å². The summed E-state index contributed by atoms with van der Waals surface area (Å²) in [5.41, 5.74) is 1.51. The quantitative estimate of drug-likeness (QED) is 0.805. The Balaban J connectivity index is 2.22. The van der Waals surface area contributed by atoms with Gasteiger partial charge in [0.25, 0.3) is 0 Å². The Kier molecular flexibility index (Phi) is 2.23. The van der Waals surface area contributed by atoms with Crippen LogP contribution in [0.4, 0.5) is 0 Å². The number of carbonyl (C=O) groups excluding carboxylic acids is 1. The molecule has 0 aliphatic heterocycles. The number of Topliss-reactive ketones (excluding diaryl/α,β-unsaturated/α-hetero) is 1. The smallest absolute Gasteiger partial charge is 0.168 e. The maximum absolute atomic E-state index is 12.0. The van der Waals surface area contributed by atoms with E-state index in [1.54, 1.807) is 18.3 Å². The minimum absolute atomic E-state index is 0.190. The highest BCUT2D eigenvalue weighted by Gasteiger charge is 2.32. The Labute approximate surface area is 103 Å². The first-order valence-electron chi connectivity index (χ1n) is 5.17. The number of hydrogen-bond donors (Lipinski definition) is 1. The highest BCUT2D eigenvalue weighted by Crippen LogP contribution is 2.37. The minimum Gasteiger partial charge on any atom is -0.360 e. The van der Waals surface area contributed by atoms with Crippen LogP contribution in [-0.2, 0) is 0 Å². The fraction of sp³-hybridized carbons (Fsp3) is 0.250. The zero-order valence-electron chi connectivity index (χ0n) is 8.39. The molecular weight excluding hydrogens is 245 g/mol. The molecule has 0 spiro atoms. The maximum atomic E-state index is 12.0. The molecule has 0 radical (unpaired) electrons. The molecule has 1 aromatic carbocycles. The van der Waals surface area contributed by atoms with E-state index in [9.17, 15) is 4.79 Å². The minimum atomic E-state index is 0.190. The van der Waals surface area contributed by atoms with Gasteiger partial charge in [-0.2, -0.15) is 0 Å². The zero-order chi connectivity index (χ0) is 11.3. The molecule has 1 heterocycles. The molecule has 1 aromatic heterocycles. The average Bonchev–Trinajstić information content (AvgIpc) is 2.98. The molecule has 4 heteroatoms. The molecule has 0 unspecified atom stereocenters.